The number of hydrogen-bond donors (Lipinski definition) is 2. The number of pyridine rings is 1. The highest BCUT2D eigenvalue weighted by Crippen LogP contribution is 2.15. The first-order valence-corrected chi connectivity index (χ1v) is 10.2. The maximum Gasteiger partial charge on any atom is 0.191 e. The monoisotopic (exact) mass is 522 g/mol. The van der Waals surface area contributed by atoms with Gasteiger partial charge in [0.25, 0.3) is 0 Å². The Kier molecular flexibility index (Phi) is 10.6. The van der Waals surface area contributed by atoms with E-state index in [2.05, 4.69) is 51.8 Å². The Balaban J connectivity index is 0.00000320. The van der Waals surface area contributed by atoms with Gasteiger partial charge in [0, 0.05) is 38.9 Å². The number of hydrogen-bond acceptors (Lipinski definition) is 4. The Morgan fingerprint density at radius 3 is 2.70 bits per heavy atom. The first-order valence-electron chi connectivity index (χ1n) is 10.2. The summed E-state index contributed by atoms with van der Waals surface area (Å²) >= 11 is 0. The zero-order valence-electron chi connectivity index (χ0n) is 17.6. The van der Waals surface area contributed by atoms with Crippen molar-refractivity contribution in [3.63, 3.8) is 0 Å². The zero-order valence-corrected chi connectivity index (χ0v) is 20.0. The van der Waals surface area contributed by atoms with Gasteiger partial charge in [0.05, 0.1) is 6.10 Å². The topological polar surface area (TPSA) is 75.8 Å². The number of rotatable bonds is 10. The number of benzene rings is 1. The SMILES string of the molecule is CCNC(=NCCCOC(C)c1ccccc1)NCCc1nnc2ccccn12.I. The maximum absolute atomic E-state index is 5.91. The van der Waals surface area contributed by atoms with Gasteiger partial charge in [-0.2, -0.15) is 0 Å². The average molecular weight is 522 g/mol. The Bertz CT molecular complexity index is 899. The van der Waals surface area contributed by atoms with Crippen LogP contribution in [0.25, 0.3) is 5.65 Å². The van der Waals surface area contributed by atoms with E-state index in [9.17, 15) is 0 Å². The van der Waals surface area contributed by atoms with Crippen molar-refractivity contribution in [2.24, 2.45) is 4.99 Å². The van der Waals surface area contributed by atoms with E-state index < -0.39 is 0 Å². The number of halogens is 1. The van der Waals surface area contributed by atoms with E-state index in [1.54, 1.807) is 0 Å². The van der Waals surface area contributed by atoms with Gasteiger partial charge >= 0.3 is 0 Å². The van der Waals surface area contributed by atoms with Crippen molar-refractivity contribution in [2.75, 3.05) is 26.2 Å². The van der Waals surface area contributed by atoms with Crippen LogP contribution >= 0.6 is 24.0 Å². The third kappa shape index (κ3) is 7.24. The fourth-order valence-electron chi connectivity index (χ4n) is 3.03. The number of fused-ring (bicyclic) bond motifs is 1. The molecule has 2 heterocycles. The second kappa shape index (κ2) is 13.2. The molecule has 30 heavy (non-hydrogen) atoms. The van der Waals surface area contributed by atoms with Gasteiger partial charge in [-0.05, 0) is 38.0 Å². The largest absolute Gasteiger partial charge is 0.374 e. The number of aliphatic imine (C=N–C) groups is 1. The van der Waals surface area contributed by atoms with Gasteiger partial charge < -0.3 is 15.4 Å². The molecule has 2 N–H and O–H groups in total. The molecule has 0 aliphatic carbocycles. The first-order chi connectivity index (χ1) is 14.3. The van der Waals surface area contributed by atoms with E-state index in [4.69, 9.17) is 4.74 Å². The molecule has 0 radical (unpaired) electrons. The van der Waals surface area contributed by atoms with Crippen LogP contribution in [0.15, 0.2) is 59.7 Å². The van der Waals surface area contributed by atoms with Crippen molar-refractivity contribution in [3.05, 3.63) is 66.1 Å². The first kappa shape index (κ1) is 24.1. The molecule has 0 amide bonds. The van der Waals surface area contributed by atoms with Gasteiger partial charge in [0.2, 0.25) is 0 Å². The zero-order chi connectivity index (χ0) is 20.3. The number of ether oxygens (including phenoxy) is 1. The molecule has 0 bridgehead atoms. The Morgan fingerprint density at radius 2 is 1.90 bits per heavy atom. The molecular weight excluding hydrogens is 491 g/mol. The molecule has 3 rings (SSSR count). The summed E-state index contributed by atoms with van der Waals surface area (Å²) in [5, 5.41) is 15.1. The molecule has 0 saturated heterocycles. The van der Waals surface area contributed by atoms with Crippen molar-refractivity contribution in [1.29, 1.82) is 0 Å². The van der Waals surface area contributed by atoms with Gasteiger partial charge in [-0.1, -0.05) is 36.4 Å². The van der Waals surface area contributed by atoms with E-state index in [1.165, 1.54) is 5.56 Å². The standard InChI is InChI=1S/C22H30N6O.HI/c1-3-23-22(24-14-9-17-29-18(2)19-10-5-4-6-11-19)25-15-13-21-27-26-20-12-7-8-16-28(20)21;/h4-8,10-12,16,18H,3,9,13-15,17H2,1-2H3,(H2,23,24,25);1H. The van der Waals surface area contributed by atoms with Gasteiger partial charge in [-0.3, -0.25) is 9.39 Å². The molecule has 0 aliphatic rings. The summed E-state index contributed by atoms with van der Waals surface area (Å²) in [6.07, 6.45) is 3.74. The molecular formula is C22H31IN6O. The second-order valence-corrected chi connectivity index (χ2v) is 6.76. The van der Waals surface area contributed by atoms with Gasteiger partial charge in [0.1, 0.15) is 5.82 Å². The fraction of sp³-hybridized carbons (Fsp3) is 0.409. The van der Waals surface area contributed by atoms with Crippen molar-refractivity contribution in [1.82, 2.24) is 25.2 Å². The average Bonchev–Trinajstić information content (AvgIpc) is 3.17. The molecule has 1 unspecified atom stereocenters. The summed E-state index contributed by atoms with van der Waals surface area (Å²) in [5.74, 6) is 1.75. The number of nitrogens with one attached hydrogen (secondary N) is 2. The molecule has 1 aromatic carbocycles. The van der Waals surface area contributed by atoms with Crippen LogP contribution in [-0.4, -0.2) is 46.8 Å². The van der Waals surface area contributed by atoms with E-state index in [-0.39, 0.29) is 30.1 Å². The molecule has 0 aliphatic heterocycles. The molecule has 7 nitrogen and oxygen atoms in total. The summed E-state index contributed by atoms with van der Waals surface area (Å²) in [6, 6.07) is 16.2. The van der Waals surface area contributed by atoms with E-state index in [1.807, 2.05) is 47.0 Å². The van der Waals surface area contributed by atoms with Gasteiger partial charge in [-0.15, -0.1) is 34.2 Å². The highest BCUT2D eigenvalue weighted by Gasteiger charge is 2.06. The van der Waals surface area contributed by atoms with Gasteiger partial charge in [-0.25, -0.2) is 0 Å². The summed E-state index contributed by atoms with van der Waals surface area (Å²) < 4.78 is 7.92. The molecule has 0 spiro atoms. The van der Waals surface area contributed by atoms with Crippen LogP contribution in [0.1, 0.15) is 37.8 Å². The fourth-order valence-corrected chi connectivity index (χ4v) is 3.03. The minimum absolute atomic E-state index is 0. The van der Waals surface area contributed by atoms with Crippen LogP contribution in [0.2, 0.25) is 0 Å². The Hall–Kier alpha value is -2.20. The summed E-state index contributed by atoms with van der Waals surface area (Å²) in [5.41, 5.74) is 2.07. The van der Waals surface area contributed by atoms with E-state index in [0.717, 1.165) is 43.4 Å². The molecule has 0 fully saturated rings. The normalized spacial score (nSPS) is 12.4. The van der Waals surface area contributed by atoms with E-state index >= 15 is 0 Å². The van der Waals surface area contributed by atoms with Crippen LogP contribution in [-0.2, 0) is 11.2 Å². The number of nitrogens with zero attached hydrogens (tertiary/aromatic N) is 4. The van der Waals surface area contributed by atoms with Gasteiger partial charge in [0.15, 0.2) is 11.6 Å². The maximum atomic E-state index is 5.91. The summed E-state index contributed by atoms with van der Waals surface area (Å²) in [7, 11) is 0. The molecule has 2 aromatic heterocycles. The van der Waals surface area contributed by atoms with Crippen LogP contribution in [0.5, 0.6) is 0 Å². The van der Waals surface area contributed by atoms with Crippen LogP contribution < -0.4 is 10.6 Å². The molecule has 1 atom stereocenters. The highest BCUT2D eigenvalue weighted by atomic mass is 127. The van der Waals surface area contributed by atoms with Crippen LogP contribution in [0.3, 0.4) is 0 Å². The molecule has 3 aromatic rings. The molecule has 162 valence electrons. The lowest BCUT2D eigenvalue weighted by Gasteiger charge is -2.13. The quantitative estimate of drug-likeness (QED) is 0.184. The lowest BCUT2D eigenvalue weighted by atomic mass is 10.1. The van der Waals surface area contributed by atoms with Crippen molar-refractivity contribution in [3.8, 4) is 0 Å². The third-order valence-electron chi connectivity index (χ3n) is 4.58. The molecule has 8 heteroatoms. The predicted octanol–water partition coefficient (Wildman–Crippen LogP) is 3.61. The van der Waals surface area contributed by atoms with E-state index in [0.29, 0.717) is 13.2 Å². The van der Waals surface area contributed by atoms with Crippen molar-refractivity contribution < 1.29 is 4.74 Å². The Labute approximate surface area is 195 Å². The summed E-state index contributed by atoms with van der Waals surface area (Å²) in [4.78, 5) is 4.64. The minimum atomic E-state index is 0. The van der Waals surface area contributed by atoms with Crippen LogP contribution in [0.4, 0.5) is 0 Å². The Morgan fingerprint density at radius 1 is 1.10 bits per heavy atom. The highest BCUT2D eigenvalue weighted by molar-refractivity contribution is 14.0. The lowest BCUT2D eigenvalue weighted by Crippen LogP contribution is -2.38. The minimum Gasteiger partial charge on any atom is -0.374 e. The predicted molar refractivity (Wildman–Crippen MR) is 132 cm³/mol. The van der Waals surface area contributed by atoms with Crippen LogP contribution in [0, 0.1) is 0 Å². The lowest BCUT2D eigenvalue weighted by molar-refractivity contribution is 0.0652. The van der Waals surface area contributed by atoms with Crippen molar-refractivity contribution in [2.45, 2.75) is 32.8 Å². The number of aromatic nitrogens is 3. The second-order valence-electron chi connectivity index (χ2n) is 6.76. The van der Waals surface area contributed by atoms with Crippen molar-refractivity contribution >= 4 is 35.6 Å². The third-order valence-corrected chi connectivity index (χ3v) is 4.58. The number of guanidine groups is 1. The smallest absolute Gasteiger partial charge is 0.191 e. The molecule has 0 saturated carbocycles. The summed E-state index contributed by atoms with van der Waals surface area (Å²) in [6.45, 7) is 7.10.